The molecule has 19 heavy (non-hydrogen) atoms. The Kier molecular flexibility index (Phi) is 4.74. The van der Waals surface area contributed by atoms with Gasteiger partial charge in [-0.25, -0.2) is 4.98 Å². The molecule has 0 aliphatic rings. The maximum Gasteiger partial charge on any atom is 0.417 e. The first-order valence-corrected chi connectivity index (χ1v) is 5.76. The zero-order valence-electron chi connectivity index (χ0n) is 10.6. The molecule has 0 aromatic carbocycles. The second-order valence-electron chi connectivity index (χ2n) is 4.18. The molecule has 0 bridgehead atoms. The molecule has 0 fully saturated rings. The zero-order chi connectivity index (χ0) is 14.6. The molecule has 0 aliphatic carbocycles. The van der Waals surface area contributed by atoms with Crippen LogP contribution in [0.2, 0.25) is 0 Å². The predicted molar refractivity (Wildman–Crippen MR) is 63.9 cm³/mol. The molecular weight excluding hydrogens is 261 g/mol. The van der Waals surface area contributed by atoms with Crippen LogP contribution >= 0.6 is 0 Å². The van der Waals surface area contributed by atoms with E-state index in [0.29, 0.717) is 12.4 Å². The van der Waals surface area contributed by atoms with Crippen LogP contribution in [0.1, 0.15) is 19.4 Å². The summed E-state index contributed by atoms with van der Waals surface area (Å²) in [6.07, 6.45) is -3.67. The number of rotatable bonds is 5. The Labute approximate surface area is 108 Å². The predicted octanol–water partition coefficient (Wildman–Crippen LogP) is 2.65. The monoisotopic (exact) mass is 276 g/mol. The highest BCUT2D eigenvalue weighted by molar-refractivity contribution is 5.70. The van der Waals surface area contributed by atoms with Gasteiger partial charge in [-0.2, -0.15) is 13.2 Å². The van der Waals surface area contributed by atoms with Crippen LogP contribution in [0.3, 0.4) is 0 Å². The number of carboxylic acid groups (broad SMARTS) is 1. The molecule has 1 heterocycles. The van der Waals surface area contributed by atoms with E-state index in [2.05, 4.69) is 4.98 Å². The molecule has 1 atom stereocenters. The average molecular weight is 276 g/mol. The van der Waals surface area contributed by atoms with Gasteiger partial charge in [-0.1, -0.05) is 6.92 Å². The number of anilines is 1. The fraction of sp³-hybridized carbons (Fsp3) is 0.500. The topological polar surface area (TPSA) is 53.4 Å². The minimum absolute atomic E-state index is 0.199. The van der Waals surface area contributed by atoms with Crippen LogP contribution in [0.4, 0.5) is 19.0 Å². The summed E-state index contributed by atoms with van der Waals surface area (Å²) >= 11 is 0. The van der Waals surface area contributed by atoms with Crippen LogP contribution in [-0.4, -0.2) is 29.1 Å². The number of carboxylic acids is 1. The van der Waals surface area contributed by atoms with E-state index < -0.39 is 23.6 Å². The number of hydrogen-bond donors (Lipinski definition) is 1. The highest BCUT2D eigenvalue weighted by Gasteiger charge is 2.30. The van der Waals surface area contributed by atoms with Gasteiger partial charge in [0.05, 0.1) is 11.5 Å². The minimum Gasteiger partial charge on any atom is -0.481 e. The second kappa shape index (κ2) is 5.90. The number of carbonyl (C=O) groups is 1. The summed E-state index contributed by atoms with van der Waals surface area (Å²) in [7, 11) is 0. The van der Waals surface area contributed by atoms with Crippen molar-refractivity contribution in [2.24, 2.45) is 5.92 Å². The summed E-state index contributed by atoms with van der Waals surface area (Å²) in [5.41, 5.74) is -0.821. The third kappa shape index (κ3) is 4.11. The maximum atomic E-state index is 12.4. The van der Waals surface area contributed by atoms with Crippen LogP contribution in [0, 0.1) is 5.92 Å². The first kappa shape index (κ1) is 15.3. The summed E-state index contributed by atoms with van der Waals surface area (Å²) in [6, 6.07) is 2.19. The van der Waals surface area contributed by atoms with Crippen LogP contribution in [0.15, 0.2) is 18.3 Å². The lowest BCUT2D eigenvalue weighted by Crippen LogP contribution is -2.32. The van der Waals surface area contributed by atoms with Crippen molar-refractivity contribution in [3.05, 3.63) is 23.9 Å². The number of pyridine rings is 1. The van der Waals surface area contributed by atoms with Gasteiger partial charge in [0.25, 0.3) is 0 Å². The number of nitrogens with zero attached hydrogens (tertiary/aromatic N) is 2. The average Bonchev–Trinajstić information content (AvgIpc) is 2.34. The molecule has 1 N–H and O–H groups in total. The molecule has 0 radical (unpaired) electrons. The van der Waals surface area contributed by atoms with Crippen LogP contribution in [0.5, 0.6) is 0 Å². The SMILES string of the molecule is CCN(CC(C)C(=O)O)c1ccc(C(F)(F)F)cn1. The molecule has 0 amide bonds. The molecule has 0 aliphatic heterocycles. The van der Waals surface area contributed by atoms with E-state index >= 15 is 0 Å². The molecule has 1 rings (SSSR count). The third-order valence-corrected chi connectivity index (χ3v) is 2.70. The number of hydrogen-bond acceptors (Lipinski definition) is 3. The van der Waals surface area contributed by atoms with Gasteiger partial charge in [-0.3, -0.25) is 4.79 Å². The highest BCUT2D eigenvalue weighted by atomic mass is 19.4. The Morgan fingerprint density at radius 1 is 1.47 bits per heavy atom. The largest absolute Gasteiger partial charge is 0.481 e. The van der Waals surface area contributed by atoms with Crippen molar-refractivity contribution in [3.8, 4) is 0 Å². The Balaban J connectivity index is 2.85. The van der Waals surface area contributed by atoms with Crippen molar-refractivity contribution < 1.29 is 23.1 Å². The van der Waals surface area contributed by atoms with Gasteiger partial charge < -0.3 is 10.0 Å². The summed E-state index contributed by atoms with van der Waals surface area (Å²) in [6.45, 7) is 3.99. The standard InChI is InChI=1S/C12H15F3N2O2/c1-3-17(7-8(2)11(18)19)10-5-4-9(6-16-10)12(13,14)15/h4-6,8H,3,7H2,1-2H3,(H,18,19). The van der Waals surface area contributed by atoms with E-state index in [-0.39, 0.29) is 6.54 Å². The van der Waals surface area contributed by atoms with Gasteiger partial charge in [0, 0.05) is 19.3 Å². The minimum atomic E-state index is -4.42. The lowest BCUT2D eigenvalue weighted by molar-refractivity contribution is -0.140. The molecule has 0 saturated carbocycles. The van der Waals surface area contributed by atoms with Gasteiger partial charge in [0.15, 0.2) is 0 Å². The molecule has 0 saturated heterocycles. The van der Waals surface area contributed by atoms with Gasteiger partial charge in [0.1, 0.15) is 5.82 Å². The van der Waals surface area contributed by atoms with Crippen molar-refractivity contribution in [1.29, 1.82) is 0 Å². The molecule has 1 unspecified atom stereocenters. The molecule has 1 aromatic rings. The molecular formula is C12H15F3N2O2. The zero-order valence-corrected chi connectivity index (χ0v) is 10.6. The number of halogens is 3. The summed E-state index contributed by atoms with van der Waals surface area (Å²) in [5, 5.41) is 8.83. The van der Waals surface area contributed by atoms with Crippen molar-refractivity contribution >= 4 is 11.8 Å². The Morgan fingerprint density at radius 3 is 2.47 bits per heavy atom. The van der Waals surface area contributed by atoms with Crippen LogP contribution in [-0.2, 0) is 11.0 Å². The van der Waals surface area contributed by atoms with Crippen molar-refractivity contribution in [3.63, 3.8) is 0 Å². The Morgan fingerprint density at radius 2 is 2.11 bits per heavy atom. The van der Waals surface area contributed by atoms with Gasteiger partial charge in [-0.05, 0) is 19.1 Å². The fourth-order valence-electron chi connectivity index (χ4n) is 1.53. The molecule has 106 valence electrons. The van der Waals surface area contributed by atoms with E-state index in [0.717, 1.165) is 12.3 Å². The lowest BCUT2D eigenvalue weighted by atomic mass is 10.1. The lowest BCUT2D eigenvalue weighted by Gasteiger charge is -2.24. The normalized spacial score (nSPS) is 13.1. The molecule has 1 aromatic heterocycles. The van der Waals surface area contributed by atoms with Gasteiger partial charge in [-0.15, -0.1) is 0 Å². The molecule has 0 spiro atoms. The van der Waals surface area contributed by atoms with Gasteiger partial charge >= 0.3 is 12.1 Å². The van der Waals surface area contributed by atoms with E-state index in [1.54, 1.807) is 11.8 Å². The Hall–Kier alpha value is -1.79. The Bertz CT molecular complexity index is 432. The fourth-order valence-corrected chi connectivity index (χ4v) is 1.53. The van der Waals surface area contributed by atoms with E-state index in [4.69, 9.17) is 5.11 Å². The van der Waals surface area contributed by atoms with Crippen LogP contribution < -0.4 is 4.90 Å². The molecule has 4 nitrogen and oxygen atoms in total. The first-order chi connectivity index (χ1) is 8.75. The molecule has 7 heteroatoms. The number of alkyl halides is 3. The summed E-state index contributed by atoms with van der Waals surface area (Å²) in [5.74, 6) is -1.24. The number of aliphatic carboxylic acids is 1. The third-order valence-electron chi connectivity index (χ3n) is 2.70. The second-order valence-corrected chi connectivity index (χ2v) is 4.18. The van der Waals surface area contributed by atoms with Crippen LogP contribution in [0.25, 0.3) is 0 Å². The summed E-state index contributed by atoms with van der Waals surface area (Å²) in [4.78, 5) is 16.1. The maximum absolute atomic E-state index is 12.4. The van der Waals surface area contributed by atoms with Crippen molar-refractivity contribution in [2.45, 2.75) is 20.0 Å². The highest BCUT2D eigenvalue weighted by Crippen LogP contribution is 2.29. The summed E-state index contributed by atoms with van der Waals surface area (Å²) < 4.78 is 37.2. The first-order valence-electron chi connectivity index (χ1n) is 5.76. The van der Waals surface area contributed by atoms with Crippen molar-refractivity contribution in [2.75, 3.05) is 18.0 Å². The van der Waals surface area contributed by atoms with E-state index in [1.165, 1.54) is 13.0 Å². The number of aromatic nitrogens is 1. The van der Waals surface area contributed by atoms with E-state index in [9.17, 15) is 18.0 Å². The quantitative estimate of drug-likeness (QED) is 0.898. The van der Waals surface area contributed by atoms with Crippen molar-refractivity contribution in [1.82, 2.24) is 4.98 Å². The van der Waals surface area contributed by atoms with Gasteiger partial charge in [0.2, 0.25) is 0 Å². The van der Waals surface area contributed by atoms with E-state index in [1.807, 2.05) is 0 Å². The smallest absolute Gasteiger partial charge is 0.417 e.